The van der Waals surface area contributed by atoms with Crippen LogP contribution in [0, 0.1) is 17.8 Å². The van der Waals surface area contributed by atoms with Crippen LogP contribution in [0.15, 0.2) is 82.0 Å². The molecule has 0 unspecified atom stereocenters. The third-order valence-corrected chi connectivity index (χ3v) is 8.10. The monoisotopic (exact) mass is 605 g/mol. The van der Waals surface area contributed by atoms with Gasteiger partial charge in [0.25, 0.3) is 5.56 Å². The molecule has 0 saturated heterocycles. The standard InChI is InChI=1S/C32H26F3N3O6/c33-32(34,35)21-7-10-25-24(16-21)30(40)38(37-36-25)17-19-6-9-23(28(19)31(41)42)29(39)27-15-20-14-22(8-11-26(20)44-27)43-13-12-18-4-2-1-3-5-18/h1-5,7-8,10-11,14-16,19,23,28H,6,9,12-13,17H2,(H,41,42)/t19-,23-,28-/m0/s1. The van der Waals surface area contributed by atoms with E-state index < -0.39 is 46.8 Å². The quantitative estimate of drug-likeness (QED) is 0.210. The van der Waals surface area contributed by atoms with Crippen LogP contribution in [0.25, 0.3) is 21.9 Å². The van der Waals surface area contributed by atoms with Crippen molar-refractivity contribution in [1.82, 2.24) is 15.0 Å². The van der Waals surface area contributed by atoms with Gasteiger partial charge in [0.05, 0.1) is 30.0 Å². The van der Waals surface area contributed by atoms with Gasteiger partial charge >= 0.3 is 12.1 Å². The maximum Gasteiger partial charge on any atom is 0.416 e. The van der Waals surface area contributed by atoms with Gasteiger partial charge in [0.15, 0.2) is 5.76 Å². The SMILES string of the molecule is O=C(O)[C@H]1[C@H](Cn2nnc3ccc(C(F)(F)F)cc3c2=O)CC[C@@H]1C(=O)c1cc2cc(OCCc3ccccc3)ccc2o1. The number of carbonyl (C=O) groups excluding carboxylic acids is 1. The van der Waals surface area contributed by atoms with Gasteiger partial charge < -0.3 is 14.3 Å². The number of aromatic nitrogens is 3. The summed E-state index contributed by atoms with van der Waals surface area (Å²) in [6.07, 6.45) is -3.43. The first-order valence-corrected chi connectivity index (χ1v) is 14.0. The predicted octanol–water partition coefficient (Wildman–Crippen LogP) is 5.79. The van der Waals surface area contributed by atoms with E-state index in [2.05, 4.69) is 10.3 Å². The Hall–Kier alpha value is -5.00. The van der Waals surface area contributed by atoms with Crippen LogP contribution in [0.1, 0.15) is 34.5 Å². The number of carboxylic acids is 1. The van der Waals surface area contributed by atoms with Gasteiger partial charge in [0.2, 0.25) is 5.78 Å². The molecule has 9 nitrogen and oxygen atoms in total. The number of hydrogen-bond donors (Lipinski definition) is 1. The van der Waals surface area contributed by atoms with E-state index in [1.54, 1.807) is 24.3 Å². The maximum atomic E-state index is 13.5. The number of ether oxygens (including phenoxy) is 1. The van der Waals surface area contributed by atoms with Crippen LogP contribution in [0.2, 0.25) is 0 Å². The molecule has 0 spiro atoms. The summed E-state index contributed by atoms with van der Waals surface area (Å²) in [6.45, 7) is 0.236. The first kappa shape index (κ1) is 29.1. The second-order valence-electron chi connectivity index (χ2n) is 10.9. The van der Waals surface area contributed by atoms with Gasteiger partial charge in [-0.2, -0.15) is 13.2 Å². The Kier molecular flexibility index (Phi) is 7.66. The zero-order chi connectivity index (χ0) is 31.0. The molecule has 226 valence electrons. The third-order valence-electron chi connectivity index (χ3n) is 8.10. The summed E-state index contributed by atoms with van der Waals surface area (Å²) in [6, 6.07) is 19.2. The van der Waals surface area contributed by atoms with Crippen molar-refractivity contribution in [3.63, 3.8) is 0 Å². The average molecular weight is 606 g/mol. The van der Waals surface area contributed by atoms with E-state index in [0.717, 1.165) is 28.8 Å². The smallest absolute Gasteiger partial charge is 0.416 e. The van der Waals surface area contributed by atoms with Crippen molar-refractivity contribution in [3.8, 4) is 5.75 Å². The van der Waals surface area contributed by atoms with Crippen LogP contribution in [0.4, 0.5) is 13.2 Å². The van der Waals surface area contributed by atoms with Crippen LogP contribution in [0.5, 0.6) is 5.75 Å². The highest BCUT2D eigenvalue weighted by Gasteiger charge is 2.46. The molecule has 3 atom stereocenters. The lowest BCUT2D eigenvalue weighted by Crippen LogP contribution is -2.34. The zero-order valence-corrected chi connectivity index (χ0v) is 23.2. The fraction of sp³-hybridized carbons (Fsp3) is 0.281. The molecule has 0 radical (unpaired) electrons. The number of fused-ring (bicyclic) bond motifs is 2. The largest absolute Gasteiger partial charge is 0.493 e. The van der Waals surface area contributed by atoms with Gasteiger partial charge in [0, 0.05) is 17.7 Å². The minimum Gasteiger partial charge on any atom is -0.493 e. The van der Waals surface area contributed by atoms with Crippen LogP contribution in [0.3, 0.4) is 0 Å². The minimum absolute atomic E-state index is 0.0110. The summed E-state index contributed by atoms with van der Waals surface area (Å²) in [5.74, 6) is -3.88. The fourth-order valence-electron chi connectivity index (χ4n) is 5.90. The van der Waals surface area contributed by atoms with Crippen molar-refractivity contribution in [2.75, 3.05) is 6.61 Å². The molecule has 1 fully saturated rings. The zero-order valence-electron chi connectivity index (χ0n) is 23.2. The van der Waals surface area contributed by atoms with Gasteiger partial charge in [0.1, 0.15) is 16.8 Å². The summed E-state index contributed by atoms with van der Waals surface area (Å²) in [5, 5.41) is 18.1. The Labute approximate surface area is 247 Å². The molecule has 0 bridgehead atoms. The summed E-state index contributed by atoms with van der Waals surface area (Å²) in [7, 11) is 0. The highest BCUT2D eigenvalue weighted by atomic mass is 19.4. The van der Waals surface area contributed by atoms with E-state index >= 15 is 0 Å². The van der Waals surface area contributed by atoms with Gasteiger partial charge in [-0.15, -0.1) is 5.10 Å². The summed E-state index contributed by atoms with van der Waals surface area (Å²) >= 11 is 0. The summed E-state index contributed by atoms with van der Waals surface area (Å²) in [5.41, 5.74) is -0.252. The molecule has 5 aromatic rings. The number of ketones is 1. The number of benzene rings is 3. The van der Waals surface area contributed by atoms with Crippen molar-refractivity contribution < 1.29 is 37.0 Å². The van der Waals surface area contributed by atoms with Crippen molar-refractivity contribution in [2.24, 2.45) is 17.8 Å². The van der Waals surface area contributed by atoms with Crippen molar-refractivity contribution >= 4 is 33.6 Å². The van der Waals surface area contributed by atoms with E-state index in [4.69, 9.17) is 9.15 Å². The normalized spacial score (nSPS) is 18.6. The van der Waals surface area contributed by atoms with Crippen molar-refractivity contribution in [3.05, 3.63) is 100 Å². The molecule has 1 N–H and O–H groups in total. The van der Waals surface area contributed by atoms with E-state index in [0.29, 0.717) is 29.4 Å². The Morgan fingerprint density at radius 3 is 2.57 bits per heavy atom. The molecular weight excluding hydrogens is 579 g/mol. The number of hydrogen-bond acceptors (Lipinski definition) is 7. The molecule has 1 saturated carbocycles. The molecule has 0 amide bonds. The van der Waals surface area contributed by atoms with E-state index in [1.165, 1.54) is 0 Å². The fourth-order valence-corrected chi connectivity index (χ4v) is 5.90. The summed E-state index contributed by atoms with van der Waals surface area (Å²) in [4.78, 5) is 38.9. The minimum atomic E-state index is -4.66. The number of furan rings is 1. The lowest BCUT2D eigenvalue weighted by atomic mass is 9.86. The molecule has 1 aliphatic rings. The number of Topliss-reactive ketones (excluding diaryl/α,β-unsaturated/α-hetero) is 1. The number of alkyl halides is 3. The highest BCUT2D eigenvalue weighted by Crippen LogP contribution is 2.41. The lowest BCUT2D eigenvalue weighted by molar-refractivity contribution is -0.144. The molecule has 0 aliphatic heterocycles. The highest BCUT2D eigenvalue weighted by molar-refractivity contribution is 6.01. The molecule has 3 aromatic carbocycles. The number of halogens is 3. The molecule has 44 heavy (non-hydrogen) atoms. The Morgan fingerprint density at radius 1 is 1.02 bits per heavy atom. The molecule has 1 aliphatic carbocycles. The van der Waals surface area contributed by atoms with Gasteiger partial charge in [-0.25, -0.2) is 4.68 Å². The first-order chi connectivity index (χ1) is 21.1. The molecule has 12 heteroatoms. The number of nitrogens with zero attached hydrogens (tertiary/aromatic N) is 3. The second-order valence-corrected chi connectivity index (χ2v) is 10.9. The van der Waals surface area contributed by atoms with Crippen LogP contribution in [-0.4, -0.2) is 38.5 Å². The molecule has 6 rings (SSSR count). The Balaban J connectivity index is 1.18. The lowest BCUT2D eigenvalue weighted by Gasteiger charge is -2.20. The van der Waals surface area contributed by atoms with Gasteiger partial charge in [-0.3, -0.25) is 14.4 Å². The van der Waals surface area contributed by atoms with E-state index in [1.807, 2.05) is 30.3 Å². The van der Waals surface area contributed by atoms with Gasteiger partial charge in [-0.05, 0) is 66.8 Å². The first-order valence-electron chi connectivity index (χ1n) is 14.0. The van der Waals surface area contributed by atoms with Crippen molar-refractivity contribution in [1.29, 1.82) is 0 Å². The van der Waals surface area contributed by atoms with Crippen LogP contribution < -0.4 is 10.3 Å². The second kappa shape index (κ2) is 11.6. The average Bonchev–Trinajstić information content (AvgIpc) is 3.62. The Morgan fingerprint density at radius 2 is 1.82 bits per heavy atom. The van der Waals surface area contributed by atoms with Crippen LogP contribution >= 0.6 is 0 Å². The molecule has 2 heterocycles. The third kappa shape index (κ3) is 5.79. The number of aliphatic carboxylic acids is 1. The topological polar surface area (TPSA) is 125 Å². The number of rotatable bonds is 9. The predicted molar refractivity (Wildman–Crippen MR) is 152 cm³/mol. The van der Waals surface area contributed by atoms with E-state index in [9.17, 15) is 32.7 Å². The number of carboxylic acid groups (broad SMARTS) is 1. The number of carbonyl (C=O) groups is 2. The maximum absolute atomic E-state index is 13.5. The van der Waals surface area contributed by atoms with E-state index in [-0.39, 0.29) is 36.0 Å². The van der Waals surface area contributed by atoms with Crippen LogP contribution in [-0.2, 0) is 23.9 Å². The van der Waals surface area contributed by atoms with Crippen molar-refractivity contribution in [2.45, 2.75) is 32.0 Å². The Bertz CT molecular complexity index is 1920. The molecular formula is C32H26F3N3O6. The molecule has 2 aromatic heterocycles. The summed E-state index contributed by atoms with van der Waals surface area (Å²) < 4.78 is 52.2. The van der Waals surface area contributed by atoms with Gasteiger partial charge in [-0.1, -0.05) is 35.5 Å².